The van der Waals surface area contributed by atoms with Crippen LogP contribution in [0.2, 0.25) is 0 Å². The zero-order valence-electron chi connectivity index (χ0n) is 16.9. The second kappa shape index (κ2) is 7.81. The van der Waals surface area contributed by atoms with Crippen LogP contribution in [0.15, 0.2) is 42.5 Å². The molecule has 0 unspecified atom stereocenters. The molecule has 160 valence electrons. The lowest BCUT2D eigenvalue weighted by Gasteiger charge is -2.41. The van der Waals surface area contributed by atoms with Crippen LogP contribution in [0, 0.1) is 0 Å². The average Bonchev–Trinajstić information content (AvgIpc) is 3.41. The molecule has 1 aromatic heterocycles. The van der Waals surface area contributed by atoms with Crippen LogP contribution in [0.1, 0.15) is 29.3 Å². The molecule has 2 aromatic carbocycles. The van der Waals surface area contributed by atoms with Crippen molar-refractivity contribution in [2.45, 2.75) is 24.9 Å². The number of H-pyrrole nitrogens is 1. The van der Waals surface area contributed by atoms with E-state index >= 15 is 0 Å². The number of amides is 1. The Labute approximate surface area is 183 Å². The van der Waals surface area contributed by atoms with Crippen molar-refractivity contribution >= 4 is 34.4 Å². The second-order valence-electron chi connectivity index (χ2n) is 7.56. The van der Waals surface area contributed by atoms with Crippen molar-refractivity contribution in [1.29, 1.82) is 0 Å². The minimum absolute atomic E-state index is 0.117. The van der Waals surface area contributed by atoms with E-state index in [1.807, 2.05) is 42.5 Å². The maximum absolute atomic E-state index is 13.2. The highest BCUT2D eigenvalue weighted by atomic mass is 35.5. The molecule has 31 heavy (non-hydrogen) atoms. The summed E-state index contributed by atoms with van der Waals surface area (Å²) < 4.78 is 16.1. The molecule has 0 spiro atoms. The third kappa shape index (κ3) is 3.20. The lowest BCUT2D eigenvalue weighted by Crippen LogP contribution is -2.52. The molecule has 1 amide bonds. The van der Waals surface area contributed by atoms with Gasteiger partial charge in [-0.3, -0.25) is 4.79 Å². The lowest BCUT2D eigenvalue weighted by molar-refractivity contribution is -0.155. The van der Waals surface area contributed by atoms with Crippen LogP contribution in [0.25, 0.3) is 10.9 Å². The van der Waals surface area contributed by atoms with Crippen molar-refractivity contribution < 1.29 is 23.8 Å². The molecule has 0 radical (unpaired) electrons. The Morgan fingerprint density at radius 3 is 2.81 bits per heavy atom. The standard InChI is InChI=1S/C23H21ClN2O5/c1-29-23(28)17-11-15-14-4-2-3-5-16(14)25-21(15)22(26(17)20(27)8-9-24)13-6-7-18-19(10-13)31-12-30-18/h2-7,10,17,22,25H,8-9,11-12H2,1H3/t17-,22+/m1/s1. The fourth-order valence-corrected chi connectivity index (χ4v) is 4.72. The molecule has 0 aliphatic carbocycles. The first-order chi connectivity index (χ1) is 15.1. The van der Waals surface area contributed by atoms with Gasteiger partial charge in [0.15, 0.2) is 11.5 Å². The largest absolute Gasteiger partial charge is 0.467 e. The number of alkyl halides is 1. The quantitative estimate of drug-likeness (QED) is 0.495. The molecule has 2 aliphatic rings. The van der Waals surface area contributed by atoms with Gasteiger partial charge in [-0.25, -0.2) is 4.79 Å². The summed E-state index contributed by atoms with van der Waals surface area (Å²) in [5.74, 6) is 0.762. The highest BCUT2D eigenvalue weighted by Gasteiger charge is 2.44. The number of hydrogen-bond acceptors (Lipinski definition) is 5. The summed E-state index contributed by atoms with van der Waals surface area (Å²) in [6.45, 7) is 0.154. The van der Waals surface area contributed by atoms with Crippen LogP contribution in [0.5, 0.6) is 11.5 Å². The Kier molecular flexibility index (Phi) is 4.98. The number of aromatic amines is 1. The summed E-state index contributed by atoms with van der Waals surface area (Å²) in [4.78, 5) is 31.1. The number of methoxy groups -OCH3 is 1. The molecule has 7 nitrogen and oxygen atoms in total. The van der Waals surface area contributed by atoms with E-state index in [9.17, 15) is 9.59 Å². The van der Waals surface area contributed by atoms with Gasteiger partial charge >= 0.3 is 5.97 Å². The molecule has 2 atom stereocenters. The third-order valence-corrected chi connectivity index (χ3v) is 6.10. The van der Waals surface area contributed by atoms with E-state index in [0.717, 1.165) is 27.7 Å². The number of carbonyl (C=O) groups is 2. The molecular weight excluding hydrogens is 420 g/mol. The van der Waals surface area contributed by atoms with Crippen LogP contribution in [-0.4, -0.2) is 47.6 Å². The molecule has 0 fully saturated rings. The Morgan fingerprint density at radius 2 is 2.00 bits per heavy atom. The van der Waals surface area contributed by atoms with Gasteiger partial charge in [-0.05, 0) is 29.3 Å². The Balaban J connectivity index is 1.73. The first kappa shape index (κ1) is 19.8. The summed E-state index contributed by atoms with van der Waals surface area (Å²) in [6.07, 6.45) is 0.479. The smallest absolute Gasteiger partial charge is 0.328 e. The predicted octanol–water partition coefficient (Wildman–Crippen LogP) is 3.54. The van der Waals surface area contributed by atoms with Gasteiger partial charge in [0, 0.05) is 35.3 Å². The number of esters is 1. The molecule has 2 aliphatic heterocycles. The molecule has 0 saturated carbocycles. The van der Waals surface area contributed by atoms with Crippen molar-refractivity contribution in [2.75, 3.05) is 19.8 Å². The number of ether oxygens (including phenoxy) is 3. The van der Waals surface area contributed by atoms with Crippen LogP contribution in [0.4, 0.5) is 0 Å². The summed E-state index contributed by atoms with van der Waals surface area (Å²) in [6, 6.07) is 12.2. The highest BCUT2D eigenvalue weighted by Crippen LogP contribution is 2.44. The van der Waals surface area contributed by atoms with E-state index in [1.165, 1.54) is 7.11 Å². The van der Waals surface area contributed by atoms with E-state index < -0.39 is 18.1 Å². The number of halogens is 1. The van der Waals surface area contributed by atoms with Gasteiger partial charge < -0.3 is 24.1 Å². The zero-order valence-corrected chi connectivity index (χ0v) is 17.6. The number of fused-ring (bicyclic) bond motifs is 4. The van der Waals surface area contributed by atoms with Gasteiger partial charge in [-0.2, -0.15) is 0 Å². The van der Waals surface area contributed by atoms with Gasteiger partial charge in [-0.1, -0.05) is 24.3 Å². The average molecular weight is 441 g/mol. The van der Waals surface area contributed by atoms with Gasteiger partial charge in [-0.15, -0.1) is 11.6 Å². The first-order valence-corrected chi connectivity index (χ1v) is 10.6. The van der Waals surface area contributed by atoms with Gasteiger partial charge in [0.25, 0.3) is 0 Å². The molecule has 1 N–H and O–H groups in total. The predicted molar refractivity (Wildman–Crippen MR) is 114 cm³/mol. The fraction of sp³-hybridized carbons (Fsp3) is 0.304. The van der Waals surface area contributed by atoms with E-state index in [2.05, 4.69) is 4.98 Å². The summed E-state index contributed by atoms with van der Waals surface area (Å²) in [7, 11) is 1.34. The molecule has 5 rings (SSSR count). The summed E-state index contributed by atoms with van der Waals surface area (Å²) in [5.41, 5.74) is 3.65. The number of nitrogens with one attached hydrogen (secondary N) is 1. The number of nitrogens with zero attached hydrogens (tertiary/aromatic N) is 1. The number of aromatic nitrogens is 1. The van der Waals surface area contributed by atoms with E-state index in [1.54, 1.807) is 4.90 Å². The van der Waals surface area contributed by atoms with Crippen LogP contribution < -0.4 is 9.47 Å². The SMILES string of the molecule is COC(=O)[C@H]1Cc2c([nH]c3ccccc23)[C@H](c2ccc3c(c2)OCO3)N1C(=O)CCCl. The summed E-state index contributed by atoms with van der Waals surface area (Å²) >= 11 is 5.90. The maximum Gasteiger partial charge on any atom is 0.328 e. The second-order valence-corrected chi connectivity index (χ2v) is 7.94. The Hall–Kier alpha value is -3.19. The van der Waals surface area contributed by atoms with Gasteiger partial charge in [0.05, 0.1) is 13.2 Å². The van der Waals surface area contributed by atoms with E-state index in [-0.39, 0.29) is 25.0 Å². The van der Waals surface area contributed by atoms with Crippen molar-refractivity contribution in [2.24, 2.45) is 0 Å². The Morgan fingerprint density at radius 1 is 1.19 bits per heavy atom. The monoisotopic (exact) mass is 440 g/mol. The molecule has 0 bridgehead atoms. The van der Waals surface area contributed by atoms with Crippen LogP contribution >= 0.6 is 11.6 Å². The molecule has 3 aromatic rings. The van der Waals surface area contributed by atoms with E-state index in [4.69, 9.17) is 25.8 Å². The molecule has 3 heterocycles. The number of rotatable bonds is 4. The maximum atomic E-state index is 13.2. The molecule has 0 saturated heterocycles. The van der Waals surface area contributed by atoms with Crippen LogP contribution in [-0.2, 0) is 20.7 Å². The van der Waals surface area contributed by atoms with Crippen molar-refractivity contribution in [1.82, 2.24) is 9.88 Å². The minimum Gasteiger partial charge on any atom is -0.467 e. The normalized spacial score (nSPS) is 19.4. The van der Waals surface area contributed by atoms with Crippen LogP contribution in [0.3, 0.4) is 0 Å². The molecule has 8 heteroatoms. The van der Waals surface area contributed by atoms with Crippen molar-refractivity contribution in [3.63, 3.8) is 0 Å². The minimum atomic E-state index is -0.761. The van der Waals surface area contributed by atoms with Crippen molar-refractivity contribution in [3.8, 4) is 11.5 Å². The lowest BCUT2D eigenvalue weighted by atomic mass is 9.87. The van der Waals surface area contributed by atoms with Crippen molar-refractivity contribution in [3.05, 3.63) is 59.3 Å². The number of para-hydroxylation sites is 1. The first-order valence-electron chi connectivity index (χ1n) is 10.1. The Bertz CT molecular complexity index is 1170. The third-order valence-electron chi connectivity index (χ3n) is 5.91. The van der Waals surface area contributed by atoms with Gasteiger partial charge in [0.1, 0.15) is 6.04 Å². The number of carbonyl (C=O) groups excluding carboxylic acids is 2. The molecular formula is C23H21ClN2O5. The highest BCUT2D eigenvalue weighted by molar-refractivity contribution is 6.19. The fourth-order valence-electron chi connectivity index (χ4n) is 4.56. The van der Waals surface area contributed by atoms with E-state index in [0.29, 0.717) is 17.9 Å². The topological polar surface area (TPSA) is 80.9 Å². The van der Waals surface area contributed by atoms with Gasteiger partial charge in [0.2, 0.25) is 12.7 Å². The zero-order chi connectivity index (χ0) is 21.5. The number of hydrogen-bond donors (Lipinski definition) is 1. The number of benzene rings is 2. The summed E-state index contributed by atoms with van der Waals surface area (Å²) in [5, 5.41) is 1.03.